The summed E-state index contributed by atoms with van der Waals surface area (Å²) < 4.78 is 1.61. The lowest BCUT2D eigenvalue weighted by Crippen LogP contribution is -2.26. The van der Waals surface area contributed by atoms with Crippen LogP contribution in [0.4, 0.5) is 11.8 Å². The number of nitrogens with one attached hydrogen (secondary N) is 1. The zero-order valence-electron chi connectivity index (χ0n) is 17.4. The van der Waals surface area contributed by atoms with Gasteiger partial charge in [0.15, 0.2) is 5.65 Å². The monoisotopic (exact) mass is 467 g/mol. The zero-order valence-corrected chi connectivity index (χ0v) is 18.9. The molecule has 1 aliphatic heterocycles. The number of benzene rings is 2. The molecule has 2 aromatic heterocycles. The van der Waals surface area contributed by atoms with E-state index in [4.69, 9.17) is 33.9 Å². The van der Waals surface area contributed by atoms with Crippen molar-refractivity contribution >= 4 is 46.0 Å². The topological polar surface area (TPSA) is 84.9 Å². The SMILES string of the molecule is Nc1c2c(-c3cccc(Cl)c3)nc(NCCN3CCCC3)nc2nn1-c1ccccc1Cl. The van der Waals surface area contributed by atoms with Gasteiger partial charge in [-0.05, 0) is 50.2 Å². The summed E-state index contributed by atoms with van der Waals surface area (Å²) in [5.41, 5.74) is 9.26. The molecule has 0 saturated carbocycles. The maximum atomic E-state index is 6.55. The number of para-hydroxylation sites is 1. The molecule has 0 atom stereocenters. The highest BCUT2D eigenvalue weighted by molar-refractivity contribution is 6.32. The molecule has 0 aliphatic carbocycles. The summed E-state index contributed by atoms with van der Waals surface area (Å²) >= 11 is 12.7. The second kappa shape index (κ2) is 8.94. The van der Waals surface area contributed by atoms with Crippen LogP contribution in [0.25, 0.3) is 28.0 Å². The highest BCUT2D eigenvalue weighted by Crippen LogP contribution is 2.34. The fraction of sp³-hybridized carbons (Fsp3) is 0.261. The highest BCUT2D eigenvalue weighted by atomic mass is 35.5. The number of nitrogens with two attached hydrogens (primary N) is 1. The Labute approximate surface area is 196 Å². The number of hydrogen-bond donors (Lipinski definition) is 2. The standard InChI is InChI=1S/C23H23Cl2N7/c24-16-7-5-6-15(14-16)20-19-21(26)32(18-9-2-1-8-17(18)25)30-22(19)29-23(28-20)27-10-13-31-11-3-4-12-31/h1-2,5-9,14H,3-4,10-13,26H2,(H,27,29,30). The Balaban J connectivity index is 1.59. The molecule has 3 N–H and O–H groups in total. The van der Waals surface area contributed by atoms with Gasteiger partial charge in [-0.2, -0.15) is 4.98 Å². The van der Waals surface area contributed by atoms with Gasteiger partial charge < -0.3 is 16.0 Å². The molecule has 1 saturated heterocycles. The van der Waals surface area contributed by atoms with Gasteiger partial charge in [-0.15, -0.1) is 5.10 Å². The Hall–Kier alpha value is -2.87. The molecule has 164 valence electrons. The van der Waals surface area contributed by atoms with Crippen LogP contribution >= 0.6 is 23.2 Å². The van der Waals surface area contributed by atoms with Crippen molar-refractivity contribution in [1.82, 2.24) is 24.6 Å². The molecule has 5 rings (SSSR count). The van der Waals surface area contributed by atoms with Gasteiger partial charge in [0.2, 0.25) is 5.95 Å². The van der Waals surface area contributed by atoms with E-state index in [1.54, 1.807) is 10.7 Å². The predicted molar refractivity (Wildman–Crippen MR) is 131 cm³/mol. The van der Waals surface area contributed by atoms with Crippen molar-refractivity contribution in [3.63, 3.8) is 0 Å². The lowest BCUT2D eigenvalue weighted by atomic mass is 10.1. The van der Waals surface area contributed by atoms with E-state index in [0.717, 1.165) is 31.7 Å². The van der Waals surface area contributed by atoms with E-state index in [1.807, 2.05) is 42.5 Å². The summed E-state index contributed by atoms with van der Waals surface area (Å²) in [7, 11) is 0. The quantitative estimate of drug-likeness (QED) is 0.420. The van der Waals surface area contributed by atoms with E-state index in [2.05, 4.69) is 20.3 Å². The van der Waals surface area contributed by atoms with Gasteiger partial charge in [0.05, 0.1) is 21.8 Å². The van der Waals surface area contributed by atoms with Crippen LogP contribution in [0.15, 0.2) is 48.5 Å². The molecule has 0 unspecified atom stereocenters. The summed E-state index contributed by atoms with van der Waals surface area (Å²) in [4.78, 5) is 11.9. The molecular weight excluding hydrogens is 445 g/mol. The molecule has 2 aromatic carbocycles. The third kappa shape index (κ3) is 4.11. The molecular formula is C23H23Cl2N7. The van der Waals surface area contributed by atoms with Crippen molar-refractivity contribution in [3.05, 3.63) is 58.6 Å². The average Bonchev–Trinajstić information content (AvgIpc) is 3.42. The van der Waals surface area contributed by atoms with Gasteiger partial charge in [-0.25, -0.2) is 9.67 Å². The van der Waals surface area contributed by atoms with Crippen molar-refractivity contribution in [2.24, 2.45) is 0 Å². The van der Waals surface area contributed by atoms with Crippen LogP contribution in [-0.4, -0.2) is 50.8 Å². The van der Waals surface area contributed by atoms with Crippen molar-refractivity contribution in [2.75, 3.05) is 37.2 Å². The number of likely N-dealkylation sites (tertiary alicyclic amines) is 1. The third-order valence-corrected chi connectivity index (χ3v) is 6.21. The molecule has 0 radical (unpaired) electrons. The second-order valence-corrected chi connectivity index (χ2v) is 8.67. The Morgan fingerprint density at radius 1 is 1.00 bits per heavy atom. The highest BCUT2D eigenvalue weighted by Gasteiger charge is 2.20. The smallest absolute Gasteiger partial charge is 0.225 e. The van der Waals surface area contributed by atoms with E-state index >= 15 is 0 Å². The Kier molecular flexibility index (Phi) is 5.87. The Morgan fingerprint density at radius 3 is 2.59 bits per heavy atom. The summed E-state index contributed by atoms with van der Waals surface area (Å²) in [5.74, 6) is 0.933. The van der Waals surface area contributed by atoms with Gasteiger partial charge in [-0.1, -0.05) is 47.5 Å². The van der Waals surface area contributed by atoms with Gasteiger partial charge >= 0.3 is 0 Å². The largest absolute Gasteiger partial charge is 0.383 e. The maximum absolute atomic E-state index is 6.55. The minimum Gasteiger partial charge on any atom is -0.383 e. The number of nitrogens with zero attached hydrogens (tertiary/aromatic N) is 5. The van der Waals surface area contributed by atoms with Crippen LogP contribution in [0.3, 0.4) is 0 Å². The molecule has 3 heterocycles. The Bertz CT molecular complexity index is 1260. The maximum Gasteiger partial charge on any atom is 0.225 e. The van der Waals surface area contributed by atoms with Crippen LogP contribution in [0, 0.1) is 0 Å². The van der Waals surface area contributed by atoms with Crippen molar-refractivity contribution in [1.29, 1.82) is 0 Å². The second-order valence-electron chi connectivity index (χ2n) is 7.83. The summed E-state index contributed by atoms with van der Waals surface area (Å²) in [6.45, 7) is 3.99. The lowest BCUT2D eigenvalue weighted by Gasteiger charge is -2.15. The van der Waals surface area contributed by atoms with Crippen LogP contribution in [0.1, 0.15) is 12.8 Å². The first-order valence-corrected chi connectivity index (χ1v) is 11.4. The molecule has 0 amide bonds. The van der Waals surface area contributed by atoms with Gasteiger partial charge in [0.25, 0.3) is 0 Å². The normalized spacial score (nSPS) is 14.3. The minimum absolute atomic E-state index is 0.423. The number of rotatable bonds is 6. The number of hydrogen-bond acceptors (Lipinski definition) is 6. The first-order valence-electron chi connectivity index (χ1n) is 10.6. The van der Waals surface area contributed by atoms with E-state index < -0.39 is 0 Å². The third-order valence-electron chi connectivity index (χ3n) is 5.66. The molecule has 32 heavy (non-hydrogen) atoms. The number of anilines is 2. The average molecular weight is 468 g/mol. The molecule has 7 nitrogen and oxygen atoms in total. The first-order chi connectivity index (χ1) is 15.6. The van der Waals surface area contributed by atoms with Crippen LogP contribution in [-0.2, 0) is 0 Å². The van der Waals surface area contributed by atoms with Gasteiger partial charge in [-0.3, -0.25) is 0 Å². The molecule has 1 aliphatic rings. The summed E-state index contributed by atoms with van der Waals surface area (Å²) in [6.07, 6.45) is 2.53. The van der Waals surface area contributed by atoms with E-state index in [-0.39, 0.29) is 0 Å². The van der Waals surface area contributed by atoms with Gasteiger partial charge in [0, 0.05) is 23.7 Å². The number of halogens is 2. The lowest BCUT2D eigenvalue weighted by molar-refractivity contribution is 0.352. The van der Waals surface area contributed by atoms with E-state index in [0.29, 0.717) is 44.2 Å². The van der Waals surface area contributed by atoms with E-state index in [9.17, 15) is 0 Å². The van der Waals surface area contributed by atoms with Crippen molar-refractivity contribution in [2.45, 2.75) is 12.8 Å². The van der Waals surface area contributed by atoms with Crippen LogP contribution in [0.2, 0.25) is 10.0 Å². The Morgan fingerprint density at radius 2 is 1.81 bits per heavy atom. The number of fused-ring (bicyclic) bond motifs is 1. The van der Waals surface area contributed by atoms with Crippen LogP contribution in [0.5, 0.6) is 0 Å². The summed E-state index contributed by atoms with van der Waals surface area (Å²) in [6, 6.07) is 15.0. The number of nitrogen functional groups attached to an aromatic ring is 1. The van der Waals surface area contributed by atoms with Gasteiger partial charge in [0.1, 0.15) is 5.82 Å². The number of aromatic nitrogens is 4. The fourth-order valence-electron chi connectivity index (χ4n) is 4.07. The molecule has 4 aromatic rings. The zero-order chi connectivity index (χ0) is 22.1. The molecule has 9 heteroatoms. The molecule has 1 fully saturated rings. The van der Waals surface area contributed by atoms with Crippen molar-refractivity contribution < 1.29 is 0 Å². The van der Waals surface area contributed by atoms with Crippen molar-refractivity contribution in [3.8, 4) is 16.9 Å². The first kappa shape index (κ1) is 21.0. The van der Waals surface area contributed by atoms with E-state index in [1.165, 1.54) is 12.8 Å². The summed E-state index contributed by atoms with van der Waals surface area (Å²) in [5, 5.41) is 9.86. The minimum atomic E-state index is 0.423. The van der Waals surface area contributed by atoms with Crippen LogP contribution < -0.4 is 11.1 Å². The fourth-order valence-corrected chi connectivity index (χ4v) is 4.48. The predicted octanol–water partition coefficient (Wildman–Crippen LogP) is 4.88. The molecule has 0 spiro atoms. The molecule has 0 bridgehead atoms.